The maximum absolute atomic E-state index is 14.8. The Hall–Kier alpha value is -9.13. The van der Waals surface area contributed by atoms with Gasteiger partial charge in [0.1, 0.15) is 0 Å². The summed E-state index contributed by atoms with van der Waals surface area (Å²) in [6.45, 7) is 8.26. The number of nitrogens with zero attached hydrogens (tertiary/aromatic N) is 8. The van der Waals surface area contributed by atoms with Crippen LogP contribution in [0.5, 0.6) is 0 Å². The maximum Gasteiger partial charge on any atom is 0.551 e. The number of aryl methyl sites for hydroxylation is 4. The van der Waals surface area contributed by atoms with Gasteiger partial charge in [-0.15, -0.1) is 0 Å². The van der Waals surface area contributed by atoms with Gasteiger partial charge in [-0.1, -0.05) is 150 Å². The molecule has 76 heavy (non-hydrogen) atoms. The van der Waals surface area contributed by atoms with Gasteiger partial charge in [-0.05, 0) is 120 Å². The molecule has 1 aromatic heterocycles. The monoisotopic (exact) mass is 1010 g/mol. The Labute approximate surface area is 437 Å². The largest absolute Gasteiger partial charge is 0.551 e. The van der Waals surface area contributed by atoms with Crippen molar-refractivity contribution in [1.82, 2.24) is 29.1 Å². The summed E-state index contributed by atoms with van der Waals surface area (Å²) in [5.41, 5.74) is 15.9. The summed E-state index contributed by atoms with van der Waals surface area (Å²) >= 11 is 0. The quantitative estimate of drug-likeness (QED) is 0.149. The van der Waals surface area contributed by atoms with Crippen LogP contribution < -0.4 is 10.1 Å². The maximum atomic E-state index is 14.8. The Kier molecular flexibility index (Phi) is 11.1. The fourth-order valence-corrected chi connectivity index (χ4v) is 10.6. The molecule has 13 nitrogen and oxygen atoms in total. The van der Waals surface area contributed by atoms with E-state index in [-0.39, 0.29) is 17.2 Å². The molecule has 5 heterocycles. The van der Waals surface area contributed by atoms with Crippen molar-refractivity contribution in [2.45, 2.75) is 27.7 Å². The molecule has 0 spiro atoms. The number of amidine groups is 2. The van der Waals surface area contributed by atoms with Crippen molar-refractivity contribution in [1.29, 1.82) is 5.41 Å². The van der Waals surface area contributed by atoms with Gasteiger partial charge in [-0.25, -0.2) is 29.5 Å². The second kappa shape index (κ2) is 18.1. The first-order valence-electron chi connectivity index (χ1n) is 24.8. The van der Waals surface area contributed by atoms with Gasteiger partial charge < -0.3 is 0 Å². The number of hydrogen-bond donors (Lipinski definition) is 1. The van der Waals surface area contributed by atoms with E-state index in [1.807, 2.05) is 48.7 Å². The van der Waals surface area contributed by atoms with Gasteiger partial charge in [-0.3, -0.25) is 19.1 Å². The van der Waals surface area contributed by atoms with Crippen LogP contribution in [-0.2, 0) is 13.6 Å². The number of nitrogens with one attached hydrogen (secondary N) is 1. The highest BCUT2D eigenvalue weighted by Gasteiger charge is 2.32. The van der Waals surface area contributed by atoms with Gasteiger partial charge in [-0.2, -0.15) is 9.20 Å². The van der Waals surface area contributed by atoms with Crippen LogP contribution in [0.4, 0.5) is 0 Å². The number of hydrogen-bond acceptors (Lipinski definition) is 9. The first-order chi connectivity index (χ1) is 36.9. The van der Waals surface area contributed by atoms with E-state index in [1.54, 1.807) is 9.20 Å². The fraction of sp³-hybridized carbons (Fsp3) is 0.0968. The summed E-state index contributed by atoms with van der Waals surface area (Å²) < 4.78 is 36.0. The lowest BCUT2D eigenvalue weighted by atomic mass is 9.99. The molecule has 0 saturated carbocycles. The zero-order chi connectivity index (χ0) is 52.0. The van der Waals surface area contributed by atoms with Crippen LogP contribution in [0.3, 0.4) is 0 Å². The third-order valence-corrected chi connectivity index (χ3v) is 15.5. The number of aromatic nitrogens is 6. The first-order valence-corrected chi connectivity index (χ1v) is 26.3. The number of rotatable bonds is 8. The number of aliphatic imine (C=N–C) groups is 1. The Morgan fingerprint density at radius 1 is 0.487 bits per heavy atom. The minimum absolute atomic E-state index is 0.0626. The van der Waals surface area contributed by atoms with E-state index in [9.17, 15) is 9.97 Å². The van der Waals surface area contributed by atoms with Crippen LogP contribution in [0.2, 0.25) is 0 Å². The van der Waals surface area contributed by atoms with Crippen LogP contribution in [-0.4, -0.2) is 55.0 Å². The fourth-order valence-electron chi connectivity index (χ4n) is 10.0. The van der Waals surface area contributed by atoms with E-state index in [1.165, 1.54) is 19.2 Å². The second-order valence-electron chi connectivity index (χ2n) is 19.3. The second-order valence-corrected chi connectivity index (χ2v) is 21.1. The third-order valence-electron chi connectivity index (χ3n) is 14.3. The van der Waals surface area contributed by atoms with Crippen molar-refractivity contribution in [3.8, 4) is 73.1 Å². The predicted octanol–water partition coefficient (Wildman–Crippen LogP) is 13.7. The van der Waals surface area contributed by atoms with Crippen molar-refractivity contribution in [2.75, 3.05) is 14.2 Å². The molecule has 4 aliphatic heterocycles. The Bertz CT molecular complexity index is 4410. The number of benzene rings is 8. The van der Waals surface area contributed by atoms with Gasteiger partial charge >= 0.3 is 7.82 Å². The van der Waals surface area contributed by atoms with Crippen LogP contribution in [0, 0.1) is 33.1 Å². The molecule has 1 N–H and O–H groups in total. The summed E-state index contributed by atoms with van der Waals surface area (Å²) in [4.78, 5) is 27.8. The van der Waals surface area contributed by atoms with Crippen molar-refractivity contribution in [2.24, 2.45) is 9.98 Å². The molecular weight excluding hydrogens is 966 g/mol. The zero-order valence-corrected chi connectivity index (χ0v) is 43.3. The molecule has 8 aromatic carbocycles. The minimum Gasteiger partial charge on any atom is -0.282 e. The van der Waals surface area contributed by atoms with Crippen LogP contribution >= 0.6 is 7.82 Å². The summed E-state index contributed by atoms with van der Waals surface area (Å²) in [6, 6.07) is 57.9. The molecule has 0 unspecified atom stereocenters. The number of phosphoric ester groups is 1. The summed E-state index contributed by atoms with van der Waals surface area (Å²) in [7, 11) is -1.92. The summed E-state index contributed by atoms with van der Waals surface area (Å²) in [5.74, 6) is 1.48. The SMILES string of the molecule is COP(=O)(OC)On1n2c(=NC3=NC(=N)c4cc(-c5ccc(C)cc5)ccc43)c3cc(-c4ccc(C)cc4)ccc3c-2nc2nc(nc3c4cc(-c5ccc(C)cc5)ccc4cn31)-c1ccc(-c3ccc(C)cc3)cc1-2. The standard InChI is InChI=1S/C62H48N9O4P/c1-36-7-15-40(16-8-36)44-23-24-48-35-69-60(52(48)31-44)66-58-50-29-26-46(42-19-11-38(3)12-20-42)33-54(50)59(65-58)68-61-51-30-27-47(43-21-13-39(4)14-22-43)34-55(51)62(70(61)71(69)75-76(72,73-5)74-6)67-57-49-28-25-45(32-53(49)56(63)64-57)41-17-9-37(2)10-18-41/h7-35,63H,1-6H3. The third kappa shape index (κ3) is 8.00. The summed E-state index contributed by atoms with van der Waals surface area (Å²) in [6.07, 6.45) is 1.85. The topological polar surface area (TPSA) is 146 Å². The van der Waals surface area contributed by atoms with E-state index in [0.29, 0.717) is 45.0 Å². The van der Waals surface area contributed by atoms with Gasteiger partial charge in [0.2, 0.25) is 0 Å². The van der Waals surface area contributed by atoms with E-state index >= 15 is 0 Å². The molecule has 9 aromatic rings. The Morgan fingerprint density at radius 2 is 0.961 bits per heavy atom. The molecule has 0 radical (unpaired) electrons. The highest BCUT2D eigenvalue weighted by atomic mass is 31.2. The normalized spacial score (nSPS) is 12.9. The molecule has 14 heteroatoms. The van der Waals surface area contributed by atoms with Crippen LogP contribution in [0.15, 0.2) is 186 Å². The zero-order valence-electron chi connectivity index (χ0n) is 42.4. The van der Waals surface area contributed by atoms with Gasteiger partial charge in [0.15, 0.2) is 40.3 Å². The highest BCUT2D eigenvalue weighted by molar-refractivity contribution is 7.48. The van der Waals surface area contributed by atoms with Crippen molar-refractivity contribution < 1.29 is 18.2 Å². The first kappa shape index (κ1) is 46.6. The van der Waals surface area contributed by atoms with E-state index in [0.717, 1.165) is 88.7 Å². The minimum atomic E-state index is -4.45. The van der Waals surface area contributed by atoms with E-state index in [2.05, 4.69) is 155 Å². The molecule has 2 bridgehead atoms. The molecule has 370 valence electrons. The van der Waals surface area contributed by atoms with Crippen LogP contribution in [0.1, 0.15) is 33.4 Å². The number of phosphoric acid groups is 1. The number of fused-ring (bicyclic) bond motifs is 12. The van der Waals surface area contributed by atoms with Crippen molar-refractivity contribution in [3.63, 3.8) is 0 Å². The lowest BCUT2D eigenvalue weighted by Crippen LogP contribution is -2.33. The van der Waals surface area contributed by atoms with Crippen molar-refractivity contribution >= 4 is 46.7 Å². The molecule has 0 aliphatic carbocycles. The van der Waals surface area contributed by atoms with Crippen molar-refractivity contribution in [3.05, 3.63) is 215 Å². The lowest BCUT2D eigenvalue weighted by molar-refractivity contribution is 0.0779. The van der Waals surface area contributed by atoms with Gasteiger partial charge in [0, 0.05) is 64.2 Å². The molecular formula is C62H48N9O4P. The average Bonchev–Trinajstić information content (AvgIpc) is 4.18. The smallest absolute Gasteiger partial charge is 0.282 e. The van der Waals surface area contributed by atoms with E-state index in [4.69, 9.17) is 38.6 Å². The average molecular weight is 1010 g/mol. The lowest BCUT2D eigenvalue weighted by Gasteiger charge is -2.19. The Balaban J connectivity index is 1.18. The molecule has 13 rings (SSSR count). The molecule has 0 atom stereocenters. The Morgan fingerprint density at radius 3 is 1.53 bits per heavy atom. The van der Waals surface area contributed by atoms with Gasteiger partial charge in [0.25, 0.3) is 0 Å². The van der Waals surface area contributed by atoms with Crippen LogP contribution in [0.25, 0.3) is 100 Å². The molecule has 0 amide bonds. The van der Waals surface area contributed by atoms with E-state index < -0.39 is 7.82 Å². The predicted molar refractivity (Wildman–Crippen MR) is 301 cm³/mol. The molecule has 0 fully saturated rings. The molecule has 4 aliphatic rings. The van der Waals surface area contributed by atoms with Gasteiger partial charge in [0.05, 0.1) is 0 Å². The highest BCUT2D eigenvalue weighted by Crippen LogP contribution is 2.45. The molecule has 0 saturated heterocycles. The summed E-state index contributed by atoms with van der Waals surface area (Å²) in [5, 5.41) is 12.1.